The van der Waals surface area contributed by atoms with Crippen LogP contribution < -0.4 is 4.74 Å². The molecular formula is C18H17F3O. The first-order valence-electron chi connectivity index (χ1n) is 6.92. The van der Waals surface area contributed by atoms with Crippen LogP contribution in [-0.2, 0) is 0 Å². The number of ether oxygens (including phenoxy) is 1. The van der Waals surface area contributed by atoms with E-state index < -0.39 is 6.36 Å². The van der Waals surface area contributed by atoms with Crippen molar-refractivity contribution in [1.82, 2.24) is 0 Å². The van der Waals surface area contributed by atoms with Gasteiger partial charge in [0.25, 0.3) is 0 Å². The third-order valence-corrected chi connectivity index (χ3v) is 3.35. The molecule has 2 rings (SSSR count). The molecule has 116 valence electrons. The lowest BCUT2D eigenvalue weighted by molar-refractivity contribution is -0.274. The zero-order valence-corrected chi connectivity index (χ0v) is 12.4. The lowest BCUT2D eigenvalue weighted by Gasteiger charge is -2.14. The van der Waals surface area contributed by atoms with Crippen LogP contribution in [0, 0.1) is 0 Å². The van der Waals surface area contributed by atoms with Crippen molar-refractivity contribution in [3.05, 3.63) is 60.2 Å². The monoisotopic (exact) mass is 306 g/mol. The van der Waals surface area contributed by atoms with E-state index in [9.17, 15) is 13.2 Å². The predicted molar refractivity (Wildman–Crippen MR) is 82.7 cm³/mol. The zero-order chi connectivity index (χ0) is 16.3. The molecule has 0 aliphatic rings. The number of hydrogen-bond donors (Lipinski definition) is 0. The van der Waals surface area contributed by atoms with Gasteiger partial charge in [-0.3, -0.25) is 0 Å². The van der Waals surface area contributed by atoms with Crippen LogP contribution in [0.5, 0.6) is 5.75 Å². The van der Waals surface area contributed by atoms with Gasteiger partial charge in [-0.15, -0.1) is 13.2 Å². The summed E-state index contributed by atoms with van der Waals surface area (Å²) in [6, 6.07) is 12.5. The Labute approximate surface area is 128 Å². The molecule has 0 aliphatic heterocycles. The smallest absolute Gasteiger partial charge is 0.405 e. The fourth-order valence-corrected chi connectivity index (χ4v) is 2.17. The van der Waals surface area contributed by atoms with Crippen LogP contribution >= 0.6 is 0 Å². The molecular weight excluding hydrogens is 289 g/mol. The average molecular weight is 306 g/mol. The Kier molecular flexibility index (Phi) is 4.59. The Balaban J connectivity index is 2.46. The van der Waals surface area contributed by atoms with Crippen molar-refractivity contribution in [3.63, 3.8) is 0 Å². The van der Waals surface area contributed by atoms with Gasteiger partial charge in [0.15, 0.2) is 0 Å². The summed E-state index contributed by atoms with van der Waals surface area (Å²) < 4.78 is 41.6. The van der Waals surface area contributed by atoms with Gasteiger partial charge in [-0.05, 0) is 28.7 Å². The fraction of sp³-hybridized carbons (Fsp3) is 0.222. The second kappa shape index (κ2) is 6.26. The van der Waals surface area contributed by atoms with Gasteiger partial charge in [-0.2, -0.15) is 0 Å². The van der Waals surface area contributed by atoms with E-state index in [1.165, 1.54) is 12.1 Å². The van der Waals surface area contributed by atoms with Crippen LogP contribution in [0.2, 0.25) is 0 Å². The Hall–Kier alpha value is -2.23. The molecule has 0 bridgehead atoms. The first kappa shape index (κ1) is 16.1. The van der Waals surface area contributed by atoms with Crippen molar-refractivity contribution in [1.29, 1.82) is 0 Å². The average Bonchev–Trinajstić information content (AvgIpc) is 2.45. The maximum atomic E-state index is 12.5. The molecule has 0 fully saturated rings. The molecule has 0 spiro atoms. The van der Waals surface area contributed by atoms with E-state index in [2.05, 4.69) is 25.2 Å². The summed E-state index contributed by atoms with van der Waals surface area (Å²) in [5.74, 6) is 0.105. The second-order valence-electron chi connectivity index (χ2n) is 5.28. The molecule has 2 aromatic carbocycles. The molecule has 1 nitrogen and oxygen atoms in total. The standard InChI is InChI=1S/C18H17F3O/c1-4-13-8-9-16(11-17(13)22-18(19,20)21)15-7-5-6-14(10-15)12(2)3/h4-12H,1H2,2-3H3. The van der Waals surface area contributed by atoms with E-state index in [1.54, 1.807) is 12.1 Å². The third-order valence-electron chi connectivity index (χ3n) is 3.35. The summed E-state index contributed by atoms with van der Waals surface area (Å²) in [4.78, 5) is 0. The van der Waals surface area contributed by atoms with Crippen molar-refractivity contribution < 1.29 is 17.9 Å². The predicted octanol–water partition coefficient (Wildman–Crippen LogP) is 6.02. The lowest BCUT2D eigenvalue weighted by Crippen LogP contribution is -2.17. The lowest BCUT2D eigenvalue weighted by atomic mass is 9.96. The van der Waals surface area contributed by atoms with Gasteiger partial charge in [-0.25, -0.2) is 0 Å². The molecule has 0 N–H and O–H groups in total. The summed E-state index contributed by atoms with van der Waals surface area (Å²) in [5.41, 5.74) is 2.96. The normalized spacial score (nSPS) is 11.5. The molecule has 0 aliphatic carbocycles. The molecule has 0 aromatic heterocycles. The number of hydrogen-bond acceptors (Lipinski definition) is 1. The minimum atomic E-state index is -4.73. The number of rotatable bonds is 4. The maximum Gasteiger partial charge on any atom is 0.573 e. The van der Waals surface area contributed by atoms with Crippen LogP contribution in [0.1, 0.15) is 30.9 Å². The van der Waals surface area contributed by atoms with Crippen LogP contribution in [0.25, 0.3) is 17.2 Å². The van der Waals surface area contributed by atoms with E-state index in [0.29, 0.717) is 17.0 Å². The number of alkyl halides is 3. The van der Waals surface area contributed by atoms with Crippen molar-refractivity contribution in [2.75, 3.05) is 0 Å². The molecule has 2 aromatic rings. The van der Waals surface area contributed by atoms with E-state index >= 15 is 0 Å². The van der Waals surface area contributed by atoms with Crippen molar-refractivity contribution in [2.45, 2.75) is 26.1 Å². The third kappa shape index (κ3) is 3.91. The van der Waals surface area contributed by atoms with Gasteiger partial charge in [-0.1, -0.05) is 62.9 Å². The summed E-state index contributed by atoms with van der Waals surface area (Å²) in [5, 5.41) is 0. The molecule has 4 heteroatoms. The van der Waals surface area contributed by atoms with E-state index in [-0.39, 0.29) is 5.75 Å². The Bertz CT molecular complexity index is 672. The Morgan fingerprint density at radius 3 is 2.32 bits per heavy atom. The Morgan fingerprint density at radius 1 is 1.05 bits per heavy atom. The van der Waals surface area contributed by atoms with E-state index in [1.807, 2.05) is 24.3 Å². The van der Waals surface area contributed by atoms with Gasteiger partial charge in [0.2, 0.25) is 0 Å². The summed E-state index contributed by atoms with van der Waals surface area (Å²) in [6.45, 7) is 7.65. The molecule has 0 radical (unpaired) electrons. The van der Waals surface area contributed by atoms with E-state index in [4.69, 9.17) is 0 Å². The van der Waals surface area contributed by atoms with Crippen LogP contribution in [-0.4, -0.2) is 6.36 Å². The van der Waals surface area contributed by atoms with Crippen LogP contribution in [0.3, 0.4) is 0 Å². The highest BCUT2D eigenvalue weighted by Crippen LogP contribution is 2.32. The first-order valence-corrected chi connectivity index (χ1v) is 6.92. The minimum Gasteiger partial charge on any atom is -0.405 e. The highest BCUT2D eigenvalue weighted by Gasteiger charge is 2.32. The van der Waals surface area contributed by atoms with Gasteiger partial charge < -0.3 is 4.74 Å². The first-order chi connectivity index (χ1) is 10.3. The molecule has 22 heavy (non-hydrogen) atoms. The van der Waals surface area contributed by atoms with Gasteiger partial charge in [0.1, 0.15) is 5.75 Å². The van der Waals surface area contributed by atoms with Gasteiger partial charge in [0, 0.05) is 5.56 Å². The summed E-state index contributed by atoms with van der Waals surface area (Å²) in [7, 11) is 0. The largest absolute Gasteiger partial charge is 0.573 e. The van der Waals surface area contributed by atoms with Crippen molar-refractivity contribution in [3.8, 4) is 16.9 Å². The van der Waals surface area contributed by atoms with Gasteiger partial charge in [0.05, 0.1) is 0 Å². The molecule has 0 atom stereocenters. The van der Waals surface area contributed by atoms with Crippen LogP contribution in [0.4, 0.5) is 13.2 Å². The van der Waals surface area contributed by atoms with Gasteiger partial charge >= 0.3 is 6.36 Å². The SMILES string of the molecule is C=Cc1ccc(-c2cccc(C(C)C)c2)cc1OC(F)(F)F. The van der Waals surface area contributed by atoms with Crippen LogP contribution in [0.15, 0.2) is 49.0 Å². The molecule has 0 heterocycles. The minimum absolute atomic E-state index is 0.241. The number of benzene rings is 2. The Morgan fingerprint density at radius 2 is 1.73 bits per heavy atom. The molecule has 0 saturated heterocycles. The molecule has 0 unspecified atom stereocenters. The number of halogens is 3. The molecule has 0 saturated carbocycles. The summed E-state index contributed by atoms with van der Waals surface area (Å²) >= 11 is 0. The fourth-order valence-electron chi connectivity index (χ4n) is 2.17. The second-order valence-corrected chi connectivity index (χ2v) is 5.28. The molecule has 0 amide bonds. The highest BCUT2D eigenvalue weighted by molar-refractivity contribution is 5.70. The maximum absolute atomic E-state index is 12.5. The summed E-state index contributed by atoms with van der Waals surface area (Å²) in [6.07, 6.45) is -3.38. The zero-order valence-electron chi connectivity index (χ0n) is 12.4. The quantitative estimate of drug-likeness (QED) is 0.671. The highest BCUT2D eigenvalue weighted by atomic mass is 19.4. The van der Waals surface area contributed by atoms with E-state index in [0.717, 1.165) is 11.1 Å². The topological polar surface area (TPSA) is 9.23 Å². The van der Waals surface area contributed by atoms with Crippen molar-refractivity contribution in [2.24, 2.45) is 0 Å². The van der Waals surface area contributed by atoms with Crippen molar-refractivity contribution >= 4 is 6.08 Å².